The zero-order valence-corrected chi connectivity index (χ0v) is 9.04. The first-order chi connectivity index (χ1) is 7.17. The Labute approximate surface area is 92.9 Å². The number of amides is 1. The average Bonchev–Trinajstić information content (AvgIpc) is 2.26. The second kappa shape index (κ2) is 5.36. The van der Waals surface area contributed by atoms with E-state index in [9.17, 15) is 4.79 Å². The Balaban J connectivity index is 2.67. The molecular weight excluding hydrogens is 216 g/mol. The van der Waals surface area contributed by atoms with E-state index in [1.807, 2.05) is 0 Å². The topological polar surface area (TPSA) is 51.2 Å². The molecule has 1 amide bonds. The summed E-state index contributed by atoms with van der Waals surface area (Å²) in [7, 11) is 1.49. The van der Waals surface area contributed by atoms with Gasteiger partial charge < -0.3 is 10.1 Å². The maximum Gasteiger partial charge on any atom is 0.243 e. The van der Waals surface area contributed by atoms with Gasteiger partial charge in [-0.2, -0.15) is 0 Å². The smallest absolute Gasteiger partial charge is 0.243 e. The molecule has 1 rings (SSSR count). The lowest BCUT2D eigenvalue weighted by Gasteiger charge is -2.05. The molecule has 0 atom stereocenters. The van der Waals surface area contributed by atoms with Crippen molar-refractivity contribution in [2.45, 2.75) is 6.54 Å². The van der Waals surface area contributed by atoms with E-state index in [4.69, 9.17) is 16.3 Å². The van der Waals surface area contributed by atoms with Crippen molar-refractivity contribution < 1.29 is 9.53 Å². The van der Waals surface area contributed by atoms with Crippen molar-refractivity contribution in [3.63, 3.8) is 0 Å². The Morgan fingerprint density at radius 1 is 1.80 bits per heavy atom. The standard InChI is InChI=1S/C10H11ClN2O2/c1-3-9(14)12-5-7-4-8(11)10(15-2)13-6-7/h3-4,6H,1,5H2,2H3,(H,12,14). The van der Waals surface area contributed by atoms with E-state index in [0.717, 1.165) is 5.56 Å². The summed E-state index contributed by atoms with van der Waals surface area (Å²) < 4.78 is 4.90. The molecule has 5 heteroatoms. The molecule has 1 aromatic rings. The highest BCUT2D eigenvalue weighted by molar-refractivity contribution is 6.31. The molecule has 0 bridgehead atoms. The molecule has 15 heavy (non-hydrogen) atoms. The van der Waals surface area contributed by atoms with Crippen molar-refractivity contribution in [3.05, 3.63) is 35.5 Å². The third-order valence-electron chi connectivity index (χ3n) is 1.71. The molecule has 1 N–H and O–H groups in total. The molecule has 4 nitrogen and oxygen atoms in total. The molecule has 80 valence electrons. The van der Waals surface area contributed by atoms with Gasteiger partial charge in [-0.05, 0) is 17.7 Å². The molecule has 0 saturated heterocycles. The van der Waals surface area contributed by atoms with Crippen molar-refractivity contribution in [1.82, 2.24) is 10.3 Å². The molecule has 0 aliphatic heterocycles. The summed E-state index contributed by atoms with van der Waals surface area (Å²) in [5.41, 5.74) is 0.802. The zero-order valence-electron chi connectivity index (χ0n) is 8.29. The quantitative estimate of drug-likeness (QED) is 0.793. The normalized spacial score (nSPS) is 9.47. The van der Waals surface area contributed by atoms with Crippen LogP contribution in [0.3, 0.4) is 0 Å². The lowest BCUT2D eigenvalue weighted by molar-refractivity contribution is -0.116. The number of nitrogens with one attached hydrogen (secondary N) is 1. The van der Waals surface area contributed by atoms with Gasteiger partial charge in [0.15, 0.2) is 0 Å². The highest BCUT2D eigenvalue weighted by Crippen LogP contribution is 2.21. The van der Waals surface area contributed by atoms with Crippen molar-refractivity contribution >= 4 is 17.5 Å². The number of hydrogen-bond acceptors (Lipinski definition) is 3. The summed E-state index contributed by atoms with van der Waals surface area (Å²) in [6.07, 6.45) is 2.80. The molecule has 0 saturated carbocycles. The van der Waals surface area contributed by atoms with Crippen molar-refractivity contribution in [3.8, 4) is 5.88 Å². The van der Waals surface area contributed by atoms with Crippen molar-refractivity contribution in [2.75, 3.05) is 7.11 Å². The summed E-state index contributed by atoms with van der Waals surface area (Å²) in [5, 5.41) is 3.04. The van der Waals surface area contributed by atoms with Crippen LogP contribution in [-0.2, 0) is 11.3 Å². The van der Waals surface area contributed by atoms with E-state index in [1.54, 1.807) is 12.3 Å². The fourth-order valence-electron chi connectivity index (χ4n) is 0.973. The summed E-state index contributed by atoms with van der Waals surface area (Å²) >= 11 is 5.86. The number of ether oxygens (including phenoxy) is 1. The number of carbonyl (C=O) groups is 1. The molecule has 0 aliphatic rings. The molecule has 0 aliphatic carbocycles. The number of halogens is 1. The van der Waals surface area contributed by atoms with E-state index < -0.39 is 0 Å². The SMILES string of the molecule is C=CC(=O)NCc1cnc(OC)c(Cl)c1. The number of carbonyl (C=O) groups excluding carboxylic acids is 1. The number of methoxy groups -OCH3 is 1. The van der Waals surface area contributed by atoms with E-state index in [-0.39, 0.29) is 5.91 Å². The number of rotatable bonds is 4. The number of aromatic nitrogens is 1. The summed E-state index contributed by atoms with van der Waals surface area (Å²) in [5.74, 6) is 0.136. The van der Waals surface area contributed by atoms with Gasteiger partial charge in [0.25, 0.3) is 0 Å². The third kappa shape index (κ3) is 3.25. The Morgan fingerprint density at radius 2 is 2.53 bits per heavy atom. The predicted octanol–water partition coefficient (Wildman–Crippen LogP) is 1.55. The third-order valence-corrected chi connectivity index (χ3v) is 1.98. The van der Waals surface area contributed by atoms with Gasteiger partial charge in [-0.15, -0.1) is 0 Å². The van der Waals surface area contributed by atoms with Crippen LogP contribution in [0.4, 0.5) is 0 Å². The van der Waals surface area contributed by atoms with Crippen LogP contribution < -0.4 is 10.1 Å². The van der Waals surface area contributed by atoms with E-state index in [0.29, 0.717) is 17.4 Å². The zero-order chi connectivity index (χ0) is 11.3. The van der Waals surface area contributed by atoms with Crippen LogP contribution in [0.5, 0.6) is 5.88 Å². The van der Waals surface area contributed by atoms with Gasteiger partial charge in [-0.1, -0.05) is 18.2 Å². The van der Waals surface area contributed by atoms with Gasteiger partial charge in [0.05, 0.1) is 7.11 Å². The van der Waals surface area contributed by atoms with E-state index >= 15 is 0 Å². The summed E-state index contributed by atoms with van der Waals surface area (Å²) in [6.45, 7) is 3.71. The fraction of sp³-hybridized carbons (Fsp3) is 0.200. The van der Waals surface area contributed by atoms with Crippen LogP contribution in [0, 0.1) is 0 Å². The Morgan fingerprint density at radius 3 is 3.07 bits per heavy atom. The van der Waals surface area contributed by atoms with Gasteiger partial charge in [0.2, 0.25) is 11.8 Å². The fourth-order valence-corrected chi connectivity index (χ4v) is 1.24. The molecule has 0 unspecified atom stereocenters. The van der Waals surface area contributed by atoms with Crippen molar-refractivity contribution in [2.24, 2.45) is 0 Å². The molecule has 1 heterocycles. The highest BCUT2D eigenvalue weighted by Gasteiger charge is 2.03. The van der Waals surface area contributed by atoms with E-state index in [1.165, 1.54) is 13.2 Å². The van der Waals surface area contributed by atoms with Crippen LogP contribution in [0.1, 0.15) is 5.56 Å². The lowest BCUT2D eigenvalue weighted by Crippen LogP contribution is -2.20. The summed E-state index contributed by atoms with van der Waals surface area (Å²) in [4.78, 5) is 14.9. The molecule has 1 aromatic heterocycles. The van der Waals surface area contributed by atoms with Gasteiger partial charge in [-0.3, -0.25) is 4.79 Å². The minimum atomic E-state index is -0.234. The molecule has 0 spiro atoms. The minimum absolute atomic E-state index is 0.234. The maximum absolute atomic E-state index is 10.9. The molecule has 0 aromatic carbocycles. The number of hydrogen-bond donors (Lipinski definition) is 1. The monoisotopic (exact) mass is 226 g/mol. The van der Waals surface area contributed by atoms with Crippen molar-refractivity contribution in [1.29, 1.82) is 0 Å². The highest BCUT2D eigenvalue weighted by atomic mass is 35.5. The first-order valence-corrected chi connectivity index (χ1v) is 4.64. The van der Waals surface area contributed by atoms with E-state index in [2.05, 4.69) is 16.9 Å². The second-order valence-electron chi connectivity index (χ2n) is 2.76. The second-order valence-corrected chi connectivity index (χ2v) is 3.16. The van der Waals surface area contributed by atoms with Gasteiger partial charge in [-0.25, -0.2) is 4.98 Å². The first kappa shape index (κ1) is 11.5. The van der Waals surface area contributed by atoms with Crippen LogP contribution in [-0.4, -0.2) is 18.0 Å². The number of nitrogens with zero attached hydrogens (tertiary/aromatic N) is 1. The first-order valence-electron chi connectivity index (χ1n) is 4.26. The molecule has 0 fully saturated rings. The largest absolute Gasteiger partial charge is 0.480 e. The predicted molar refractivity (Wildman–Crippen MR) is 57.8 cm³/mol. The lowest BCUT2D eigenvalue weighted by atomic mass is 10.3. The van der Waals surface area contributed by atoms with Crippen LogP contribution in [0.15, 0.2) is 24.9 Å². The summed E-state index contributed by atoms with van der Waals surface area (Å²) in [6, 6.07) is 1.69. The van der Waals surface area contributed by atoms with Crippen LogP contribution >= 0.6 is 11.6 Å². The van der Waals surface area contributed by atoms with Crippen LogP contribution in [0.25, 0.3) is 0 Å². The maximum atomic E-state index is 10.9. The molecular formula is C10H11ClN2O2. The minimum Gasteiger partial charge on any atom is -0.480 e. The Hall–Kier alpha value is -1.55. The Bertz CT molecular complexity index is 380. The molecule has 0 radical (unpaired) electrons. The van der Waals surface area contributed by atoms with Gasteiger partial charge in [0.1, 0.15) is 5.02 Å². The number of pyridine rings is 1. The Kier molecular flexibility index (Phi) is 4.12. The van der Waals surface area contributed by atoms with Gasteiger partial charge >= 0.3 is 0 Å². The average molecular weight is 227 g/mol. The van der Waals surface area contributed by atoms with Gasteiger partial charge in [0, 0.05) is 12.7 Å². The van der Waals surface area contributed by atoms with Crippen LogP contribution in [0.2, 0.25) is 5.02 Å².